The molecule has 1 aliphatic heterocycles. The Morgan fingerprint density at radius 2 is 1.92 bits per heavy atom. The summed E-state index contributed by atoms with van der Waals surface area (Å²) in [6.07, 6.45) is 1.97. The minimum Gasteiger partial charge on any atom is -0.495 e. The lowest BCUT2D eigenvalue weighted by Gasteiger charge is -2.37. The summed E-state index contributed by atoms with van der Waals surface area (Å²) in [6, 6.07) is 7.63. The smallest absolute Gasteiger partial charge is 0.265 e. The van der Waals surface area contributed by atoms with Gasteiger partial charge in [-0.05, 0) is 91.4 Å². The van der Waals surface area contributed by atoms with Crippen molar-refractivity contribution in [3.8, 4) is 16.2 Å². The van der Waals surface area contributed by atoms with Gasteiger partial charge in [0.05, 0.1) is 17.7 Å². The Kier molecular flexibility index (Phi) is 7.89. The molecular weight excluding hydrogens is 571 g/mol. The first kappa shape index (κ1) is 26.8. The summed E-state index contributed by atoms with van der Waals surface area (Å²) in [5.74, 6) is -0.349. The van der Waals surface area contributed by atoms with Gasteiger partial charge in [0.2, 0.25) is 5.95 Å². The number of methoxy groups -OCH3 is 1. The van der Waals surface area contributed by atoms with Crippen LogP contribution in [0.15, 0.2) is 39.8 Å². The van der Waals surface area contributed by atoms with E-state index in [1.54, 1.807) is 12.1 Å². The van der Waals surface area contributed by atoms with Gasteiger partial charge >= 0.3 is 0 Å². The van der Waals surface area contributed by atoms with E-state index in [0.717, 1.165) is 41.8 Å². The number of thiazole rings is 1. The third-order valence-electron chi connectivity index (χ3n) is 6.24. The lowest BCUT2D eigenvalue weighted by atomic mass is 9.82. The molecule has 0 saturated carbocycles. The number of nitrogens with zero attached hydrogens (tertiary/aromatic N) is 2. The zero-order chi connectivity index (χ0) is 26.1. The molecule has 2 N–H and O–H groups in total. The third-order valence-corrected chi connectivity index (χ3v) is 9.19. The molecule has 4 rings (SSSR count). The van der Waals surface area contributed by atoms with Crippen molar-refractivity contribution in [3.63, 3.8) is 0 Å². The molecule has 0 bridgehead atoms. The van der Waals surface area contributed by atoms with Crippen molar-refractivity contribution in [2.45, 2.75) is 44.0 Å². The molecule has 1 saturated heterocycles. The lowest BCUT2D eigenvalue weighted by molar-refractivity contribution is 0.0491. The molecule has 12 heteroatoms. The Morgan fingerprint density at radius 3 is 2.58 bits per heavy atom. The molecule has 194 valence electrons. The van der Waals surface area contributed by atoms with E-state index in [2.05, 4.69) is 44.8 Å². The summed E-state index contributed by atoms with van der Waals surface area (Å²) >= 11 is 4.52. The van der Waals surface area contributed by atoms with Crippen LogP contribution in [0, 0.1) is 18.8 Å². The number of nitrogens with one attached hydrogen (secondary N) is 2. The summed E-state index contributed by atoms with van der Waals surface area (Å²) in [6.45, 7) is 7.74. The lowest BCUT2D eigenvalue weighted by Crippen LogP contribution is -2.42. The number of ether oxygens (including phenoxy) is 2. The second-order valence-corrected chi connectivity index (χ2v) is 12.6. The van der Waals surface area contributed by atoms with E-state index in [1.165, 1.54) is 36.6 Å². The standard InChI is InChI=1S/C24H28BrFN4O4S2/c1-14-21(35-23(27-14)29-24(2,3)16-9-11-34-12-10-16)15-5-7-18(33-4)19(13-15)36(31,32)30-17-6-8-20(25)28-22(17)26/h5-8,13,16,30H,9-12H2,1-4H3,(H,27,29). The van der Waals surface area contributed by atoms with Gasteiger partial charge in [0.25, 0.3) is 10.0 Å². The normalized spacial score (nSPS) is 15.1. The highest BCUT2D eigenvalue weighted by molar-refractivity contribution is 9.10. The Hall–Kier alpha value is -2.28. The van der Waals surface area contributed by atoms with Crippen LogP contribution in [0.4, 0.5) is 15.2 Å². The van der Waals surface area contributed by atoms with E-state index >= 15 is 0 Å². The van der Waals surface area contributed by atoms with Crippen LogP contribution < -0.4 is 14.8 Å². The number of pyridine rings is 1. The molecule has 1 aliphatic rings. The average Bonchev–Trinajstić information content (AvgIpc) is 3.20. The number of aromatic nitrogens is 2. The molecule has 2 aromatic heterocycles. The van der Waals surface area contributed by atoms with Crippen LogP contribution in [0.3, 0.4) is 0 Å². The fourth-order valence-electron chi connectivity index (χ4n) is 4.23. The maximum absolute atomic E-state index is 14.2. The number of anilines is 2. The number of halogens is 2. The maximum atomic E-state index is 14.2. The van der Waals surface area contributed by atoms with Gasteiger partial charge < -0.3 is 14.8 Å². The van der Waals surface area contributed by atoms with Crippen LogP contribution in [0.1, 0.15) is 32.4 Å². The van der Waals surface area contributed by atoms with Crippen molar-refractivity contribution in [1.29, 1.82) is 0 Å². The second kappa shape index (κ2) is 10.6. The molecule has 0 aliphatic carbocycles. The van der Waals surface area contributed by atoms with Crippen molar-refractivity contribution < 1.29 is 22.3 Å². The first-order valence-electron chi connectivity index (χ1n) is 11.4. The minimum absolute atomic E-state index is 0.116. The van der Waals surface area contributed by atoms with Crippen LogP contribution in [0.25, 0.3) is 10.4 Å². The summed E-state index contributed by atoms with van der Waals surface area (Å²) < 4.78 is 54.0. The average molecular weight is 600 g/mol. The molecule has 8 nitrogen and oxygen atoms in total. The maximum Gasteiger partial charge on any atom is 0.265 e. The Morgan fingerprint density at radius 1 is 1.19 bits per heavy atom. The van der Waals surface area contributed by atoms with Gasteiger partial charge in [-0.3, -0.25) is 4.72 Å². The molecule has 1 aromatic carbocycles. The summed E-state index contributed by atoms with van der Waals surface area (Å²) in [4.78, 5) is 9.03. The Balaban J connectivity index is 1.64. The number of hydrogen-bond donors (Lipinski definition) is 2. The quantitative estimate of drug-likeness (QED) is 0.314. The molecule has 36 heavy (non-hydrogen) atoms. The Bertz CT molecular complexity index is 1360. The van der Waals surface area contributed by atoms with E-state index < -0.39 is 16.0 Å². The highest BCUT2D eigenvalue weighted by Gasteiger charge is 2.32. The largest absolute Gasteiger partial charge is 0.495 e. The zero-order valence-corrected chi connectivity index (χ0v) is 23.6. The van der Waals surface area contributed by atoms with Gasteiger partial charge in [-0.2, -0.15) is 4.39 Å². The van der Waals surface area contributed by atoms with E-state index in [9.17, 15) is 12.8 Å². The van der Waals surface area contributed by atoms with Gasteiger partial charge in [-0.1, -0.05) is 11.3 Å². The first-order valence-corrected chi connectivity index (χ1v) is 14.5. The van der Waals surface area contributed by atoms with Crippen LogP contribution >= 0.6 is 27.3 Å². The Labute approximate surface area is 222 Å². The van der Waals surface area contributed by atoms with Crippen molar-refractivity contribution in [1.82, 2.24) is 9.97 Å². The van der Waals surface area contributed by atoms with Crippen molar-refractivity contribution in [2.24, 2.45) is 5.92 Å². The summed E-state index contributed by atoms with van der Waals surface area (Å²) in [5, 5.41) is 4.34. The minimum atomic E-state index is -4.18. The number of sulfonamides is 1. The van der Waals surface area contributed by atoms with Gasteiger partial charge in [0.1, 0.15) is 20.9 Å². The second-order valence-electron chi connectivity index (χ2n) is 9.11. The van der Waals surface area contributed by atoms with Gasteiger partial charge in [-0.25, -0.2) is 18.4 Å². The molecule has 0 radical (unpaired) electrons. The van der Waals surface area contributed by atoms with Gasteiger partial charge in [0, 0.05) is 18.8 Å². The fraction of sp³-hybridized carbons (Fsp3) is 0.417. The van der Waals surface area contributed by atoms with E-state index in [-0.39, 0.29) is 26.5 Å². The van der Waals surface area contributed by atoms with E-state index in [0.29, 0.717) is 11.5 Å². The van der Waals surface area contributed by atoms with Crippen LogP contribution in [0.5, 0.6) is 5.75 Å². The molecule has 3 aromatic rings. The number of hydrogen-bond acceptors (Lipinski definition) is 8. The summed E-state index contributed by atoms with van der Waals surface area (Å²) in [5.41, 5.74) is 1.00. The van der Waals surface area contributed by atoms with Gasteiger partial charge in [-0.15, -0.1) is 0 Å². The molecule has 0 atom stereocenters. The van der Waals surface area contributed by atoms with Crippen LogP contribution in [-0.2, 0) is 14.8 Å². The molecule has 0 unspecified atom stereocenters. The molecule has 0 amide bonds. The molecule has 3 heterocycles. The highest BCUT2D eigenvalue weighted by atomic mass is 79.9. The predicted molar refractivity (Wildman–Crippen MR) is 143 cm³/mol. The molecule has 0 spiro atoms. The van der Waals surface area contributed by atoms with Crippen molar-refractivity contribution in [2.75, 3.05) is 30.4 Å². The monoisotopic (exact) mass is 598 g/mol. The molecule has 1 fully saturated rings. The topological polar surface area (TPSA) is 102 Å². The van der Waals surface area contributed by atoms with E-state index in [1.807, 2.05) is 6.92 Å². The van der Waals surface area contributed by atoms with Crippen molar-refractivity contribution in [3.05, 3.63) is 46.6 Å². The fourth-order valence-corrected chi connectivity index (χ4v) is 6.90. The van der Waals surface area contributed by atoms with E-state index in [4.69, 9.17) is 14.5 Å². The SMILES string of the molecule is COc1ccc(-c2sc(NC(C)(C)C3CCOCC3)nc2C)cc1S(=O)(=O)Nc1ccc(Br)nc1F. The predicted octanol–water partition coefficient (Wildman–Crippen LogP) is 5.84. The molecular formula is C24H28BrFN4O4S2. The van der Waals surface area contributed by atoms with Crippen molar-refractivity contribution >= 4 is 48.1 Å². The first-order chi connectivity index (χ1) is 17.0. The van der Waals surface area contributed by atoms with Crippen LogP contribution in [0.2, 0.25) is 0 Å². The number of aryl methyl sites for hydroxylation is 1. The number of rotatable bonds is 8. The zero-order valence-electron chi connectivity index (χ0n) is 20.4. The third kappa shape index (κ3) is 5.82. The highest BCUT2D eigenvalue weighted by Crippen LogP contribution is 2.39. The number of benzene rings is 1. The summed E-state index contributed by atoms with van der Waals surface area (Å²) in [7, 11) is -2.80. The van der Waals surface area contributed by atoms with Crippen LogP contribution in [-0.4, -0.2) is 44.2 Å². The van der Waals surface area contributed by atoms with Gasteiger partial charge in [0.15, 0.2) is 5.13 Å².